The van der Waals surface area contributed by atoms with Crippen LogP contribution in [0.15, 0.2) is 54.6 Å². The number of hydrogen-bond donors (Lipinski definition) is 2. The summed E-state index contributed by atoms with van der Waals surface area (Å²) in [6.45, 7) is 1.49. The van der Waals surface area contributed by atoms with E-state index in [2.05, 4.69) is 5.32 Å². The first-order chi connectivity index (χ1) is 11.6. The van der Waals surface area contributed by atoms with Crippen LogP contribution < -0.4 is 10.1 Å². The van der Waals surface area contributed by atoms with Crippen molar-refractivity contribution in [3.63, 3.8) is 0 Å². The highest BCUT2D eigenvalue weighted by Crippen LogP contribution is 2.21. The van der Waals surface area contributed by atoms with Crippen LogP contribution in [0.5, 0.6) is 5.75 Å². The van der Waals surface area contributed by atoms with Crippen molar-refractivity contribution in [3.05, 3.63) is 65.7 Å². The highest BCUT2D eigenvalue weighted by Gasteiger charge is 2.17. The molecule has 2 rings (SSSR count). The Hall–Kier alpha value is -2.82. The van der Waals surface area contributed by atoms with Crippen LogP contribution in [0.1, 0.15) is 24.5 Å². The highest BCUT2D eigenvalue weighted by atomic mass is 16.5. The summed E-state index contributed by atoms with van der Waals surface area (Å²) in [6, 6.07) is 16.6. The third kappa shape index (κ3) is 5.12. The Morgan fingerprint density at radius 3 is 2.42 bits per heavy atom. The summed E-state index contributed by atoms with van der Waals surface area (Å²) in [4.78, 5) is 22.8. The first-order valence-corrected chi connectivity index (χ1v) is 7.87. The van der Waals surface area contributed by atoms with Gasteiger partial charge in [0, 0.05) is 6.42 Å². The number of amides is 1. The third-order valence-corrected chi connectivity index (χ3v) is 3.61. The van der Waals surface area contributed by atoms with Crippen molar-refractivity contribution in [1.29, 1.82) is 0 Å². The largest absolute Gasteiger partial charge is 0.483 e. The van der Waals surface area contributed by atoms with Gasteiger partial charge in [-0.15, -0.1) is 0 Å². The molecular formula is C19H21NO4. The van der Waals surface area contributed by atoms with Crippen LogP contribution in [0.2, 0.25) is 0 Å². The lowest BCUT2D eigenvalue weighted by Crippen LogP contribution is -2.42. The lowest BCUT2D eigenvalue weighted by atomic mass is 10.0. The molecule has 0 aliphatic rings. The first kappa shape index (κ1) is 17.5. The molecule has 0 aromatic heterocycles. The van der Waals surface area contributed by atoms with Gasteiger partial charge in [-0.05, 0) is 23.6 Å². The molecular weight excluding hydrogens is 306 g/mol. The molecule has 0 aliphatic carbocycles. The average molecular weight is 327 g/mol. The number of para-hydroxylation sites is 1. The van der Waals surface area contributed by atoms with E-state index in [0.29, 0.717) is 18.6 Å². The number of aliphatic carboxylic acids is 1. The van der Waals surface area contributed by atoms with Crippen LogP contribution in [0.25, 0.3) is 0 Å². The summed E-state index contributed by atoms with van der Waals surface area (Å²) < 4.78 is 5.59. The molecule has 5 heteroatoms. The molecule has 2 aromatic rings. The maximum atomic E-state index is 11.9. The zero-order chi connectivity index (χ0) is 17.4. The highest BCUT2D eigenvalue weighted by molar-refractivity contribution is 5.84. The lowest BCUT2D eigenvalue weighted by Gasteiger charge is -2.14. The fourth-order valence-corrected chi connectivity index (χ4v) is 2.32. The van der Waals surface area contributed by atoms with E-state index in [0.717, 1.165) is 11.1 Å². The van der Waals surface area contributed by atoms with Crippen molar-refractivity contribution in [2.24, 2.45) is 0 Å². The minimum absolute atomic E-state index is 0.213. The molecule has 1 atom stereocenters. The number of rotatable bonds is 8. The molecule has 0 heterocycles. The third-order valence-electron chi connectivity index (χ3n) is 3.61. The van der Waals surface area contributed by atoms with E-state index in [1.165, 1.54) is 0 Å². The minimum Gasteiger partial charge on any atom is -0.483 e. The minimum atomic E-state index is -1.05. The van der Waals surface area contributed by atoms with E-state index >= 15 is 0 Å². The van der Waals surface area contributed by atoms with Crippen LogP contribution >= 0.6 is 0 Å². The molecule has 24 heavy (non-hydrogen) atoms. The van der Waals surface area contributed by atoms with E-state index in [-0.39, 0.29) is 6.61 Å². The van der Waals surface area contributed by atoms with Crippen molar-refractivity contribution < 1.29 is 19.4 Å². The second kappa shape index (κ2) is 8.72. The molecule has 0 fully saturated rings. The Balaban J connectivity index is 1.98. The molecule has 1 amide bonds. The summed E-state index contributed by atoms with van der Waals surface area (Å²) in [5.74, 6) is -0.867. The van der Waals surface area contributed by atoms with Crippen molar-refractivity contribution in [2.75, 3.05) is 6.61 Å². The van der Waals surface area contributed by atoms with Gasteiger partial charge in [0.1, 0.15) is 11.8 Å². The number of carboxylic acid groups (broad SMARTS) is 1. The Labute approximate surface area is 141 Å². The summed E-state index contributed by atoms with van der Waals surface area (Å²) in [5, 5.41) is 11.4. The summed E-state index contributed by atoms with van der Waals surface area (Å²) in [6.07, 6.45) is 1.02. The van der Waals surface area contributed by atoms with Gasteiger partial charge in [0.25, 0.3) is 5.91 Å². The zero-order valence-electron chi connectivity index (χ0n) is 13.6. The number of benzene rings is 2. The van der Waals surface area contributed by atoms with E-state index in [9.17, 15) is 9.59 Å². The molecule has 0 radical (unpaired) electrons. The second-order valence-electron chi connectivity index (χ2n) is 5.43. The first-order valence-electron chi connectivity index (χ1n) is 7.87. The molecule has 2 aromatic carbocycles. The van der Waals surface area contributed by atoms with Gasteiger partial charge in [-0.1, -0.05) is 55.5 Å². The van der Waals surface area contributed by atoms with Crippen molar-refractivity contribution in [1.82, 2.24) is 5.32 Å². The second-order valence-corrected chi connectivity index (χ2v) is 5.43. The van der Waals surface area contributed by atoms with Crippen molar-refractivity contribution in [3.8, 4) is 5.75 Å². The molecule has 1 unspecified atom stereocenters. The van der Waals surface area contributed by atoms with Gasteiger partial charge in [0.15, 0.2) is 6.61 Å². The van der Waals surface area contributed by atoms with Crippen molar-refractivity contribution >= 4 is 11.9 Å². The topological polar surface area (TPSA) is 75.6 Å². The number of carboxylic acids is 1. The molecule has 0 bridgehead atoms. The molecule has 0 aliphatic heterocycles. The van der Waals surface area contributed by atoms with Gasteiger partial charge in [-0.3, -0.25) is 4.79 Å². The van der Waals surface area contributed by atoms with E-state index in [1.54, 1.807) is 13.0 Å². The van der Waals surface area contributed by atoms with Crippen molar-refractivity contribution in [2.45, 2.75) is 25.8 Å². The fraction of sp³-hybridized carbons (Fsp3) is 0.263. The van der Waals surface area contributed by atoms with Gasteiger partial charge in [0.05, 0.1) is 0 Å². The smallest absolute Gasteiger partial charge is 0.326 e. The van der Waals surface area contributed by atoms with Crippen LogP contribution in [-0.4, -0.2) is 29.6 Å². The molecule has 5 nitrogen and oxygen atoms in total. The van der Waals surface area contributed by atoms with Gasteiger partial charge in [-0.2, -0.15) is 0 Å². The quantitative estimate of drug-likeness (QED) is 0.781. The van der Waals surface area contributed by atoms with Crippen LogP contribution in [0.3, 0.4) is 0 Å². The average Bonchev–Trinajstić information content (AvgIpc) is 2.59. The van der Waals surface area contributed by atoms with Gasteiger partial charge in [0.2, 0.25) is 0 Å². The number of hydrogen-bond acceptors (Lipinski definition) is 3. The van der Waals surface area contributed by atoms with Crippen LogP contribution in [-0.2, 0) is 16.0 Å². The molecule has 0 spiro atoms. The summed E-state index contributed by atoms with van der Waals surface area (Å²) in [5.41, 5.74) is 2.12. The van der Waals surface area contributed by atoms with Crippen LogP contribution in [0, 0.1) is 0 Å². The SMILES string of the molecule is CCC(NC(=O)COc1ccccc1Cc1ccccc1)C(=O)O. The number of ether oxygens (including phenoxy) is 1. The molecule has 0 saturated carbocycles. The van der Waals surface area contributed by atoms with Gasteiger partial charge >= 0.3 is 5.97 Å². The maximum Gasteiger partial charge on any atom is 0.326 e. The Morgan fingerprint density at radius 2 is 1.75 bits per heavy atom. The molecule has 0 saturated heterocycles. The molecule has 2 N–H and O–H groups in total. The number of nitrogens with one attached hydrogen (secondary N) is 1. The van der Waals surface area contributed by atoms with E-state index < -0.39 is 17.9 Å². The summed E-state index contributed by atoms with van der Waals surface area (Å²) in [7, 11) is 0. The Kier molecular flexibility index (Phi) is 6.37. The van der Waals surface area contributed by atoms with Crippen LogP contribution in [0.4, 0.5) is 0 Å². The Morgan fingerprint density at radius 1 is 1.08 bits per heavy atom. The standard InChI is InChI=1S/C19H21NO4/c1-2-16(19(22)23)20-18(21)13-24-17-11-7-6-10-15(17)12-14-8-4-3-5-9-14/h3-11,16H,2,12-13H2,1H3,(H,20,21)(H,22,23). The number of carbonyl (C=O) groups is 2. The van der Waals surface area contributed by atoms with E-state index in [1.807, 2.05) is 48.5 Å². The fourth-order valence-electron chi connectivity index (χ4n) is 2.32. The Bertz CT molecular complexity index is 685. The lowest BCUT2D eigenvalue weighted by molar-refractivity contribution is -0.142. The predicted octanol–water partition coefficient (Wildman–Crippen LogP) is 2.64. The normalized spacial score (nSPS) is 11.5. The summed E-state index contributed by atoms with van der Waals surface area (Å²) >= 11 is 0. The maximum absolute atomic E-state index is 11.9. The molecule has 126 valence electrons. The predicted molar refractivity (Wildman–Crippen MR) is 91.0 cm³/mol. The van der Waals surface area contributed by atoms with Gasteiger partial charge in [-0.25, -0.2) is 4.79 Å². The zero-order valence-corrected chi connectivity index (χ0v) is 13.6. The monoisotopic (exact) mass is 327 g/mol. The van der Waals surface area contributed by atoms with Gasteiger partial charge < -0.3 is 15.2 Å². The van der Waals surface area contributed by atoms with E-state index in [4.69, 9.17) is 9.84 Å². The number of carbonyl (C=O) groups excluding carboxylic acids is 1.